The van der Waals surface area contributed by atoms with Crippen LogP contribution < -0.4 is 10.1 Å². The highest BCUT2D eigenvalue weighted by Crippen LogP contribution is 2.19. The number of hydrogen-bond acceptors (Lipinski definition) is 6. The third-order valence-corrected chi connectivity index (χ3v) is 3.83. The van der Waals surface area contributed by atoms with E-state index in [-0.39, 0.29) is 30.7 Å². The zero-order valence-corrected chi connectivity index (χ0v) is 15.2. The van der Waals surface area contributed by atoms with Gasteiger partial charge in [0.25, 0.3) is 5.91 Å². The van der Waals surface area contributed by atoms with E-state index in [0.717, 1.165) is 5.56 Å². The van der Waals surface area contributed by atoms with E-state index in [2.05, 4.69) is 15.5 Å². The lowest BCUT2D eigenvalue weighted by Crippen LogP contribution is -2.28. The number of halogens is 1. The standard InChI is InChI=1S/C19H16ClN3O4/c1-12(24)13-4-3-7-16(9-13)26-11-17(25)21-10-18-22-19(23-27-18)14-5-2-6-15(20)8-14/h2-9H,10-11H2,1H3,(H,21,25). The number of carbonyl (C=O) groups is 2. The Balaban J connectivity index is 1.51. The number of benzene rings is 2. The van der Waals surface area contributed by atoms with Gasteiger partial charge in [-0.15, -0.1) is 0 Å². The van der Waals surface area contributed by atoms with Crippen molar-refractivity contribution in [1.82, 2.24) is 15.5 Å². The quantitative estimate of drug-likeness (QED) is 0.627. The lowest BCUT2D eigenvalue weighted by molar-refractivity contribution is -0.123. The van der Waals surface area contributed by atoms with Gasteiger partial charge in [-0.05, 0) is 31.2 Å². The van der Waals surface area contributed by atoms with Crippen LogP contribution in [0.15, 0.2) is 53.1 Å². The summed E-state index contributed by atoms with van der Waals surface area (Å²) in [5.74, 6) is 0.664. The van der Waals surface area contributed by atoms with E-state index in [1.807, 2.05) is 6.07 Å². The molecule has 0 spiro atoms. The van der Waals surface area contributed by atoms with Crippen LogP contribution in [-0.4, -0.2) is 28.4 Å². The zero-order valence-electron chi connectivity index (χ0n) is 14.4. The Kier molecular flexibility index (Phi) is 5.83. The number of hydrogen-bond donors (Lipinski definition) is 1. The van der Waals surface area contributed by atoms with Crippen molar-refractivity contribution in [2.24, 2.45) is 0 Å². The molecule has 3 rings (SSSR count). The van der Waals surface area contributed by atoms with E-state index in [9.17, 15) is 9.59 Å². The molecule has 0 aliphatic rings. The summed E-state index contributed by atoms with van der Waals surface area (Å²) in [5, 5.41) is 7.06. The van der Waals surface area contributed by atoms with E-state index in [4.69, 9.17) is 20.9 Å². The summed E-state index contributed by atoms with van der Waals surface area (Å²) in [6.07, 6.45) is 0. The fourth-order valence-electron chi connectivity index (χ4n) is 2.25. The number of amides is 1. The van der Waals surface area contributed by atoms with Crippen molar-refractivity contribution >= 4 is 23.3 Å². The molecule has 27 heavy (non-hydrogen) atoms. The molecule has 138 valence electrons. The van der Waals surface area contributed by atoms with Crippen molar-refractivity contribution in [3.63, 3.8) is 0 Å². The number of ketones is 1. The Bertz CT molecular complexity index is 971. The second kappa shape index (κ2) is 8.46. The highest BCUT2D eigenvalue weighted by molar-refractivity contribution is 6.30. The molecule has 3 aromatic rings. The normalized spacial score (nSPS) is 10.4. The number of carbonyl (C=O) groups excluding carboxylic acids is 2. The van der Waals surface area contributed by atoms with Gasteiger partial charge in [0.2, 0.25) is 11.7 Å². The first-order chi connectivity index (χ1) is 13.0. The maximum Gasteiger partial charge on any atom is 0.258 e. The van der Waals surface area contributed by atoms with Crippen LogP contribution in [0.3, 0.4) is 0 Å². The van der Waals surface area contributed by atoms with Crippen LogP contribution in [0.2, 0.25) is 5.02 Å². The molecule has 0 aliphatic carbocycles. The zero-order chi connectivity index (χ0) is 19.2. The van der Waals surface area contributed by atoms with Gasteiger partial charge in [-0.1, -0.05) is 41.0 Å². The number of Topliss-reactive ketones (excluding diaryl/α,β-unsaturated/α-hetero) is 1. The van der Waals surface area contributed by atoms with Gasteiger partial charge in [0, 0.05) is 16.1 Å². The Morgan fingerprint density at radius 1 is 1.19 bits per heavy atom. The summed E-state index contributed by atoms with van der Waals surface area (Å²) in [7, 11) is 0. The molecule has 0 saturated carbocycles. The van der Waals surface area contributed by atoms with Crippen molar-refractivity contribution < 1.29 is 18.8 Å². The summed E-state index contributed by atoms with van der Waals surface area (Å²) in [6.45, 7) is 1.34. The summed E-state index contributed by atoms with van der Waals surface area (Å²) >= 11 is 5.94. The number of nitrogens with zero attached hydrogens (tertiary/aromatic N) is 2. The third-order valence-electron chi connectivity index (χ3n) is 3.60. The molecule has 2 aromatic carbocycles. The lowest BCUT2D eigenvalue weighted by atomic mass is 10.1. The third kappa shape index (κ3) is 5.15. The van der Waals surface area contributed by atoms with Crippen molar-refractivity contribution in [1.29, 1.82) is 0 Å². The second-order valence-corrected chi connectivity index (χ2v) is 6.11. The molecule has 1 amide bonds. The van der Waals surface area contributed by atoms with Crippen molar-refractivity contribution in [3.8, 4) is 17.1 Å². The van der Waals surface area contributed by atoms with E-state index in [0.29, 0.717) is 22.2 Å². The van der Waals surface area contributed by atoms with Crippen LogP contribution >= 0.6 is 11.6 Å². The molecule has 0 unspecified atom stereocenters. The second-order valence-electron chi connectivity index (χ2n) is 5.67. The number of rotatable bonds is 7. The largest absolute Gasteiger partial charge is 0.484 e. The molecule has 7 nitrogen and oxygen atoms in total. The molecule has 1 heterocycles. The Morgan fingerprint density at radius 2 is 2.00 bits per heavy atom. The average molecular weight is 386 g/mol. The van der Waals surface area contributed by atoms with Gasteiger partial charge in [-0.2, -0.15) is 4.98 Å². The van der Waals surface area contributed by atoms with Crippen LogP contribution in [0.25, 0.3) is 11.4 Å². The van der Waals surface area contributed by atoms with Gasteiger partial charge in [-0.3, -0.25) is 9.59 Å². The Labute approximate surface area is 160 Å². The van der Waals surface area contributed by atoms with E-state index in [1.165, 1.54) is 6.92 Å². The van der Waals surface area contributed by atoms with Crippen molar-refractivity contribution in [2.75, 3.05) is 6.61 Å². The summed E-state index contributed by atoms with van der Waals surface area (Å²) < 4.78 is 10.5. The van der Waals surface area contributed by atoms with Gasteiger partial charge in [0.1, 0.15) is 5.75 Å². The van der Waals surface area contributed by atoms with Gasteiger partial charge < -0.3 is 14.6 Å². The van der Waals surface area contributed by atoms with E-state index in [1.54, 1.807) is 42.5 Å². The molecule has 0 fully saturated rings. The SMILES string of the molecule is CC(=O)c1cccc(OCC(=O)NCc2nc(-c3cccc(Cl)c3)no2)c1. The number of nitrogens with one attached hydrogen (secondary N) is 1. The monoisotopic (exact) mass is 385 g/mol. The van der Waals surface area contributed by atoms with Crippen molar-refractivity contribution in [3.05, 3.63) is 65.0 Å². The van der Waals surface area contributed by atoms with Gasteiger partial charge >= 0.3 is 0 Å². The predicted molar refractivity (Wildman–Crippen MR) is 98.5 cm³/mol. The maximum absolute atomic E-state index is 11.9. The van der Waals surface area contributed by atoms with Crippen molar-refractivity contribution in [2.45, 2.75) is 13.5 Å². The molecule has 0 aliphatic heterocycles. The Morgan fingerprint density at radius 3 is 2.78 bits per heavy atom. The van der Waals surface area contributed by atoms with Gasteiger partial charge in [0.05, 0.1) is 6.54 Å². The summed E-state index contributed by atoms with van der Waals surface area (Å²) in [6, 6.07) is 13.7. The predicted octanol–water partition coefficient (Wildman–Crippen LogP) is 3.29. The summed E-state index contributed by atoms with van der Waals surface area (Å²) in [5.41, 5.74) is 1.24. The minimum absolute atomic E-state index is 0.0724. The molecular formula is C19H16ClN3O4. The van der Waals surface area contributed by atoms with Crippen LogP contribution in [0.1, 0.15) is 23.2 Å². The maximum atomic E-state index is 11.9. The molecule has 8 heteroatoms. The van der Waals surface area contributed by atoms with Crippen LogP contribution in [-0.2, 0) is 11.3 Å². The highest BCUT2D eigenvalue weighted by Gasteiger charge is 2.11. The van der Waals surface area contributed by atoms with E-state index < -0.39 is 0 Å². The Hall–Kier alpha value is -3.19. The molecule has 0 saturated heterocycles. The fourth-order valence-corrected chi connectivity index (χ4v) is 2.44. The fraction of sp³-hybridized carbons (Fsp3) is 0.158. The first-order valence-electron chi connectivity index (χ1n) is 8.10. The van der Waals surface area contributed by atoms with E-state index >= 15 is 0 Å². The van der Waals surface area contributed by atoms with Gasteiger partial charge in [0.15, 0.2) is 12.4 Å². The molecule has 1 N–H and O–H groups in total. The molecule has 1 aromatic heterocycles. The minimum atomic E-state index is -0.356. The molecule has 0 atom stereocenters. The van der Waals surface area contributed by atoms with Crippen LogP contribution in [0.4, 0.5) is 0 Å². The number of aromatic nitrogens is 2. The smallest absolute Gasteiger partial charge is 0.258 e. The van der Waals surface area contributed by atoms with Crippen LogP contribution in [0.5, 0.6) is 5.75 Å². The number of ether oxygens (including phenoxy) is 1. The van der Waals surface area contributed by atoms with Crippen LogP contribution in [0, 0.1) is 0 Å². The topological polar surface area (TPSA) is 94.3 Å². The first kappa shape index (κ1) is 18.6. The molecule has 0 bridgehead atoms. The minimum Gasteiger partial charge on any atom is -0.484 e. The summed E-state index contributed by atoms with van der Waals surface area (Å²) in [4.78, 5) is 27.5. The average Bonchev–Trinajstić information content (AvgIpc) is 3.14. The lowest BCUT2D eigenvalue weighted by Gasteiger charge is -2.07. The molecular weight excluding hydrogens is 370 g/mol. The van der Waals surface area contributed by atoms with Gasteiger partial charge in [-0.25, -0.2) is 0 Å². The first-order valence-corrected chi connectivity index (χ1v) is 8.48. The highest BCUT2D eigenvalue weighted by atomic mass is 35.5. The molecule has 0 radical (unpaired) electrons.